The van der Waals surface area contributed by atoms with E-state index in [9.17, 15) is 9.59 Å². The fourth-order valence-electron chi connectivity index (χ4n) is 2.39. The first kappa shape index (κ1) is 15.2. The standard InChI is InChI=1S/C15H19NO5/c1-20-11-5-7-12(8-6-11)21-10-14(17)16-9-3-2-4-13(16)15(18)19/h5-8,13H,2-4,9-10H2,1H3,(H,18,19). The number of nitrogens with zero attached hydrogens (tertiary/aromatic N) is 1. The van der Waals surface area contributed by atoms with Gasteiger partial charge in [0.1, 0.15) is 17.5 Å². The number of carbonyl (C=O) groups is 2. The molecule has 1 saturated heterocycles. The second-order valence-electron chi connectivity index (χ2n) is 4.90. The van der Waals surface area contributed by atoms with Crippen LogP contribution >= 0.6 is 0 Å². The van der Waals surface area contributed by atoms with Crippen LogP contribution in [0, 0.1) is 0 Å². The van der Waals surface area contributed by atoms with Crippen molar-refractivity contribution in [3.05, 3.63) is 24.3 Å². The van der Waals surface area contributed by atoms with E-state index < -0.39 is 12.0 Å². The number of aliphatic carboxylic acids is 1. The summed E-state index contributed by atoms with van der Waals surface area (Å²) in [5.74, 6) is 0.00842. The van der Waals surface area contributed by atoms with E-state index in [2.05, 4.69) is 0 Å². The van der Waals surface area contributed by atoms with Crippen molar-refractivity contribution in [1.82, 2.24) is 4.90 Å². The van der Waals surface area contributed by atoms with E-state index in [1.165, 1.54) is 4.90 Å². The minimum Gasteiger partial charge on any atom is -0.497 e. The van der Waals surface area contributed by atoms with Gasteiger partial charge in [0.05, 0.1) is 7.11 Å². The average Bonchev–Trinajstić information content (AvgIpc) is 2.53. The fraction of sp³-hybridized carbons (Fsp3) is 0.467. The number of carboxylic acids is 1. The van der Waals surface area contributed by atoms with Crippen LogP contribution in [0.4, 0.5) is 0 Å². The van der Waals surface area contributed by atoms with Crippen molar-refractivity contribution in [1.29, 1.82) is 0 Å². The van der Waals surface area contributed by atoms with Gasteiger partial charge in [-0.15, -0.1) is 0 Å². The first-order valence-electron chi connectivity index (χ1n) is 6.91. The number of amides is 1. The van der Waals surface area contributed by atoms with Crippen molar-refractivity contribution in [3.63, 3.8) is 0 Å². The van der Waals surface area contributed by atoms with E-state index in [1.54, 1.807) is 31.4 Å². The van der Waals surface area contributed by atoms with Crippen molar-refractivity contribution >= 4 is 11.9 Å². The highest BCUT2D eigenvalue weighted by molar-refractivity contribution is 5.84. The zero-order valence-electron chi connectivity index (χ0n) is 11.9. The maximum Gasteiger partial charge on any atom is 0.326 e. The first-order valence-corrected chi connectivity index (χ1v) is 6.91. The van der Waals surface area contributed by atoms with Crippen LogP contribution in [-0.4, -0.2) is 48.2 Å². The van der Waals surface area contributed by atoms with Crippen molar-refractivity contribution in [2.45, 2.75) is 25.3 Å². The SMILES string of the molecule is COc1ccc(OCC(=O)N2CCCCC2C(=O)O)cc1. The summed E-state index contributed by atoms with van der Waals surface area (Å²) in [6, 6.07) is 6.15. The lowest BCUT2D eigenvalue weighted by molar-refractivity contribution is -0.152. The molecule has 114 valence electrons. The third-order valence-electron chi connectivity index (χ3n) is 3.53. The molecule has 1 unspecified atom stereocenters. The van der Waals surface area contributed by atoms with E-state index >= 15 is 0 Å². The highest BCUT2D eigenvalue weighted by Crippen LogP contribution is 2.19. The first-order chi connectivity index (χ1) is 10.1. The number of benzene rings is 1. The normalized spacial score (nSPS) is 18.1. The molecule has 1 atom stereocenters. The van der Waals surface area contributed by atoms with Crippen LogP contribution in [0.3, 0.4) is 0 Å². The topological polar surface area (TPSA) is 76.1 Å². The fourth-order valence-corrected chi connectivity index (χ4v) is 2.39. The molecule has 1 heterocycles. The van der Waals surface area contributed by atoms with E-state index in [-0.39, 0.29) is 12.5 Å². The van der Waals surface area contributed by atoms with Gasteiger partial charge in [-0.1, -0.05) is 0 Å². The summed E-state index contributed by atoms with van der Waals surface area (Å²) in [5.41, 5.74) is 0. The molecule has 1 aromatic carbocycles. The molecule has 1 aliphatic heterocycles. The molecular formula is C15H19NO5. The summed E-state index contributed by atoms with van der Waals surface area (Å²) >= 11 is 0. The number of hydrogen-bond donors (Lipinski definition) is 1. The number of methoxy groups -OCH3 is 1. The molecule has 0 bridgehead atoms. The van der Waals surface area contributed by atoms with Gasteiger partial charge in [-0.05, 0) is 43.5 Å². The Balaban J connectivity index is 1.91. The molecule has 1 aromatic rings. The lowest BCUT2D eigenvalue weighted by Crippen LogP contribution is -2.49. The molecular weight excluding hydrogens is 274 g/mol. The molecule has 1 aliphatic rings. The highest BCUT2D eigenvalue weighted by atomic mass is 16.5. The van der Waals surface area contributed by atoms with E-state index in [0.717, 1.165) is 12.8 Å². The largest absolute Gasteiger partial charge is 0.497 e. The molecule has 1 N–H and O–H groups in total. The number of likely N-dealkylation sites (tertiary alicyclic amines) is 1. The van der Waals surface area contributed by atoms with Gasteiger partial charge in [-0.25, -0.2) is 4.79 Å². The van der Waals surface area contributed by atoms with Crippen molar-refractivity contribution in [3.8, 4) is 11.5 Å². The summed E-state index contributed by atoms with van der Waals surface area (Å²) in [6.45, 7) is 0.317. The molecule has 1 amide bonds. The molecule has 0 saturated carbocycles. The van der Waals surface area contributed by atoms with Crippen molar-refractivity contribution in [2.24, 2.45) is 0 Å². The molecule has 1 fully saturated rings. The zero-order chi connectivity index (χ0) is 15.2. The Bertz CT molecular complexity index is 499. The predicted octanol–water partition coefficient (Wildman–Crippen LogP) is 1.54. The van der Waals surface area contributed by atoms with E-state index in [4.69, 9.17) is 14.6 Å². The lowest BCUT2D eigenvalue weighted by Gasteiger charge is -2.32. The minimum absolute atomic E-state index is 0.157. The summed E-state index contributed by atoms with van der Waals surface area (Å²) in [7, 11) is 1.57. The number of carbonyl (C=O) groups excluding carboxylic acids is 1. The summed E-state index contributed by atoms with van der Waals surface area (Å²) in [6.07, 6.45) is 2.17. The maximum atomic E-state index is 12.1. The van der Waals surface area contributed by atoms with Gasteiger partial charge in [0, 0.05) is 6.54 Å². The van der Waals surface area contributed by atoms with E-state index in [1.807, 2.05) is 0 Å². The summed E-state index contributed by atoms with van der Waals surface area (Å²) in [4.78, 5) is 24.7. The average molecular weight is 293 g/mol. The van der Waals surface area contributed by atoms with Gasteiger partial charge in [0.25, 0.3) is 5.91 Å². The molecule has 21 heavy (non-hydrogen) atoms. The van der Waals surface area contributed by atoms with Gasteiger partial charge >= 0.3 is 5.97 Å². The van der Waals surface area contributed by atoms with Crippen LogP contribution in [0.2, 0.25) is 0 Å². The van der Waals surface area contributed by atoms with Gasteiger partial charge in [0.2, 0.25) is 0 Å². The Morgan fingerprint density at radius 2 is 1.90 bits per heavy atom. The molecule has 6 heteroatoms. The Morgan fingerprint density at radius 3 is 2.52 bits per heavy atom. The number of carboxylic acid groups (broad SMARTS) is 1. The molecule has 6 nitrogen and oxygen atoms in total. The predicted molar refractivity (Wildman–Crippen MR) is 75.5 cm³/mol. The molecule has 2 rings (SSSR count). The Morgan fingerprint density at radius 1 is 1.24 bits per heavy atom. The lowest BCUT2D eigenvalue weighted by atomic mass is 10.0. The number of ether oxygens (including phenoxy) is 2. The summed E-state index contributed by atoms with van der Waals surface area (Å²) < 4.78 is 10.4. The van der Waals surface area contributed by atoms with E-state index in [0.29, 0.717) is 24.5 Å². The van der Waals surface area contributed by atoms with Crippen LogP contribution in [0.25, 0.3) is 0 Å². The zero-order valence-corrected chi connectivity index (χ0v) is 11.9. The maximum absolute atomic E-state index is 12.1. The number of rotatable bonds is 5. The van der Waals surface area contributed by atoms with Crippen LogP contribution in [-0.2, 0) is 9.59 Å². The third kappa shape index (κ3) is 3.87. The van der Waals surface area contributed by atoms with Crippen molar-refractivity contribution < 1.29 is 24.2 Å². The van der Waals surface area contributed by atoms with Gasteiger partial charge < -0.3 is 19.5 Å². The third-order valence-corrected chi connectivity index (χ3v) is 3.53. The van der Waals surface area contributed by atoms with Gasteiger partial charge in [-0.2, -0.15) is 0 Å². The van der Waals surface area contributed by atoms with Crippen LogP contribution in [0.15, 0.2) is 24.3 Å². The molecule has 0 aliphatic carbocycles. The number of hydrogen-bond acceptors (Lipinski definition) is 4. The second-order valence-corrected chi connectivity index (χ2v) is 4.90. The van der Waals surface area contributed by atoms with Crippen molar-refractivity contribution in [2.75, 3.05) is 20.3 Å². The van der Waals surface area contributed by atoms with Gasteiger partial charge in [0.15, 0.2) is 6.61 Å². The van der Waals surface area contributed by atoms with Crippen LogP contribution < -0.4 is 9.47 Å². The Labute approximate surface area is 123 Å². The van der Waals surface area contributed by atoms with Crippen LogP contribution in [0.5, 0.6) is 11.5 Å². The Hall–Kier alpha value is -2.24. The monoisotopic (exact) mass is 293 g/mol. The Kier molecular flexibility index (Phi) is 5.03. The molecule has 0 aromatic heterocycles. The minimum atomic E-state index is -0.951. The second kappa shape index (κ2) is 6.97. The van der Waals surface area contributed by atoms with Crippen LogP contribution in [0.1, 0.15) is 19.3 Å². The molecule has 0 spiro atoms. The molecule has 0 radical (unpaired) electrons. The highest BCUT2D eigenvalue weighted by Gasteiger charge is 2.31. The smallest absolute Gasteiger partial charge is 0.326 e. The number of piperidine rings is 1. The van der Waals surface area contributed by atoms with Gasteiger partial charge in [-0.3, -0.25) is 4.79 Å². The quantitative estimate of drug-likeness (QED) is 0.891. The summed E-state index contributed by atoms with van der Waals surface area (Å²) in [5, 5.41) is 9.15.